The zero-order chi connectivity index (χ0) is 20.7. The van der Waals surface area contributed by atoms with Gasteiger partial charge in [-0.25, -0.2) is 9.29 Å². The van der Waals surface area contributed by atoms with Gasteiger partial charge in [0.1, 0.15) is 12.4 Å². The second kappa shape index (κ2) is 7.25. The van der Waals surface area contributed by atoms with Crippen LogP contribution in [0.5, 0.6) is 0 Å². The van der Waals surface area contributed by atoms with Gasteiger partial charge in [0, 0.05) is 5.69 Å². The van der Waals surface area contributed by atoms with Crippen molar-refractivity contribution in [2.24, 2.45) is 10.3 Å². The molecule has 0 bridgehead atoms. The summed E-state index contributed by atoms with van der Waals surface area (Å²) >= 11 is 5.77. The van der Waals surface area contributed by atoms with E-state index in [9.17, 15) is 18.8 Å². The van der Waals surface area contributed by atoms with Crippen LogP contribution in [0.25, 0.3) is 0 Å². The average Bonchev–Trinajstić information content (AvgIpc) is 3.20. The molecule has 8 nitrogen and oxygen atoms in total. The number of rotatable bonds is 4. The summed E-state index contributed by atoms with van der Waals surface area (Å²) < 4.78 is 13.4. The molecule has 3 amide bonds. The Labute approximate surface area is 169 Å². The van der Waals surface area contributed by atoms with E-state index >= 15 is 0 Å². The Morgan fingerprint density at radius 2 is 1.97 bits per heavy atom. The summed E-state index contributed by atoms with van der Waals surface area (Å²) in [5.74, 6) is -2.27. The van der Waals surface area contributed by atoms with Crippen LogP contribution in [-0.2, 0) is 14.4 Å². The van der Waals surface area contributed by atoms with Crippen LogP contribution in [0, 0.1) is 12.7 Å². The van der Waals surface area contributed by atoms with E-state index in [0.717, 1.165) is 16.5 Å². The first-order chi connectivity index (χ1) is 13.9. The summed E-state index contributed by atoms with van der Waals surface area (Å²) in [6.45, 7) is 1.60. The number of benzene rings is 2. The first-order valence-corrected chi connectivity index (χ1v) is 9.10. The lowest BCUT2D eigenvalue weighted by Gasteiger charge is -2.20. The summed E-state index contributed by atoms with van der Waals surface area (Å²) in [6.07, 6.45) is 0. The molecule has 2 aliphatic heterocycles. The van der Waals surface area contributed by atoms with Crippen molar-refractivity contribution < 1.29 is 18.8 Å². The van der Waals surface area contributed by atoms with Gasteiger partial charge >= 0.3 is 0 Å². The van der Waals surface area contributed by atoms with Crippen LogP contribution in [0.3, 0.4) is 0 Å². The van der Waals surface area contributed by atoms with Crippen LogP contribution in [-0.4, -0.2) is 41.4 Å². The zero-order valence-corrected chi connectivity index (χ0v) is 15.9. The van der Waals surface area contributed by atoms with E-state index in [-0.39, 0.29) is 17.3 Å². The standard InChI is InChI=1S/C19H15ClFN5O3/c1-10-4-2-3-5-14(10)22-15(27)9-25-17-16(23-24-25)18(28)26(19(17)29)11-6-7-13(21)12(20)8-11/h2-8,16-17H,9H2,1H3,(H,22,27)/t16-,17+/m1/s1. The van der Waals surface area contributed by atoms with E-state index in [2.05, 4.69) is 15.7 Å². The van der Waals surface area contributed by atoms with Crippen molar-refractivity contribution >= 4 is 40.7 Å². The number of nitrogens with one attached hydrogen (secondary N) is 1. The smallest absolute Gasteiger partial charge is 0.263 e. The molecule has 0 spiro atoms. The monoisotopic (exact) mass is 415 g/mol. The maximum atomic E-state index is 13.4. The minimum Gasteiger partial charge on any atom is -0.324 e. The second-order valence-corrected chi connectivity index (χ2v) is 7.07. The molecule has 1 N–H and O–H groups in total. The third-order valence-corrected chi connectivity index (χ3v) is 5.03. The Balaban J connectivity index is 1.51. The van der Waals surface area contributed by atoms with Gasteiger partial charge in [-0.05, 0) is 36.8 Å². The molecule has 0 unspecified atom stereocenters. The highest BCUT2D eigenvalue weighted by Gasteiger charge is 2.55. The van der Waals surface area contributed by atoms with Gasteiger partial charge in [0.2, 0.25) is 5.91 Å². The Hall–Kier alpha value is -3.33. The Bertz CT molecular complexity index is 1060. The highest BCUT2D eigenvalue weighted by Crippen LogP contribution is 2.33. The van der Waals surface area contributed by atoms with Crippen molar-refractivity contribution in [3.63, 3.8) is 0 Å². The minimum atomic E-state index is -1.06. The lowest BCUT2D eigenvalue weighted by molar-refractivity contribution is -0.123. The van der Waals surface area contributed by atoms with E-state index in [4.69, 9.17) is 11.6 Å². The van der Waals surface area contributed by atoms with Gasteiger partial charge in [-0.3, -0.25) is 19.4 Å². The molecule has 2 aliphatic rings. The molecule has 148 valence electrons. The number of para-hydroxylation sites is 1. The summed E-state index contributed by atoms with van der Waals surface area (Å²) in [4.78, 5) is 38.8. The maximum Gasteiger partial charge on any atom is 0.263 e. The molecule has 2 aromatic rings. The fourth-order valence-electron chi connectivity index (χ4n) is 3.28. The van der Waals surface area contributed by atoms with Crippen LogP contribution in [0.4, 0.5) is 15.8 Å². The number of carbonyl (C=O) groups excluding carboxylic acids is 3. The van der Waals surface area contributed by atoms with Crippen molar-refractivity contribution in [3.8, 4) is 0 Å². The van der Waals surface area contributed by atoms with Crippen LogP contribution >= 0.6 is 11.6 Å². The second-order valence-electron chi connectivity index (χ2n) is 6.67. The van der Waals surface area contributed by atoms with Crippen molar-refractivity contribution in [3.05, 3.63) is 58.9 Å². The number of hydrogen-bond acceptors (Lipinski definition) is 6. The molecule has 1 fully saturated rings. The SMILES string of the molecule is Cc1ccccc1NC(=O)CN1N=N[C@H]2C(=O)N(c3ccc(F)c(Cl)c3)C(=O)[C@H]21. The molecular weight excluding hydrogens is 401 g/mol. The lowest BCUT2D eigenvalue weighted by Crippen LogP contribution is -2.43. The predicted octanol–water partition coefficient (Wildman–Crippen LogP) is 2.72. The topological polar surface area (TPSA) is 94.4 Å². The molecule has 0 aromatic heterocycles. The van der Waals surface area contributed by atoms with Gasteiger partial charge in [-0.15, -0.1) is 0 Å². The summed E-state index contributed by atoms with van der Waals surface area (Å²) in [6, 6.07) is 8.71. The van der Waals surface area contributed by atoms with Gasteiger partial charge < -0.3 is 5.32 Å². The average molecular weight is 416 g/mol. The largest absolute Gasteiger partial charge is 0.324 e. The van der Waals surface area contributed by atoms with Gasteiger partial charge in [0.25, 0.3) is 11.8 Å². The van der Waals surface area contributed by atoms with Gasteiger partial charge in [0.05, 0.1) is 10.7 Å². The Morgan fingerprint density at radius 1 is 1.21 bits per heavy atom. The van der Waals surface area contributed by atoms with Crippen LogP contribution in [0.2, 0.25) is 5.02 Å². The first kappa shape index (κ1) is 19.0. The van der Waals surface area contributed by atoms with E-state index < -0.39 is 35.6 Å². The highest BCUT2D eigenvalue weighted by molar-refractivity contribution is 6.32. The summed E-state index contributed by atoms with van der Waals surface area (Å²) in [5, 5.41) is 11.4. The van der Waals surface area contributed by atoms with Gasteiger partial charge in [-0.1, -0.05) is 35.0 Å². The number of nitrogens with zero attached hydrogens (tertiary/aromatic N) is 4. The molecule has 0 radical (unpaired) electrons. The minimum absolute atomic E-state index is 0.139. The number of carbonyl (C=O) groups is 3. The molecule has 1 saturated heterocycles. The number of hydrogen-bond donors (Lipinski definition) is 1. The van der Waals surface area contributed by atoms with E-state index in [0.29, 0.717) is 5.69 Å². The van der Waals surface area contributed by atoms with Crippen LogP contribution in [0.1, 0.15) is 5.56 Å². The number of imide groups is 1. The van der Waals surface area contributed by atoms with Gasteiger partial charge in [0.15, 0.2) is 12.1 Å². The summed E-state index contributed by atoms with van der Waals surface area (Å²) in [5.41, 5.74) is 1.66. The van der Waals surface area contributed by atoms with E-state index in [1.54, 1.807) is 12.1 Å². The maximum absolute atomic E-state index is 13.4. The first-order valence-electron chi connectivity index (χ1n) is 8.72. The van der Waals surface area contributed by atoms with Crippen LogP contribution in [0.15, 0.2) is 52.8 Å². The molecule has 2 aromatic carbocycles. The molecule has 2 heterocycles. The Kier molecular flexibility index (Phi) is 4.75. The lowest BCUT2D eigenvalue weighted by atomic mass is 10.1. The molecule has 29 heavy (non-hydrogen) atoms. The van der Waals surface area contributed by atoms with Crippen molar-refractivity contribution in [2.75, 3.05) is 16.8 Å². The zero-order valence-electron chi connectivity index (χ0n) is 15.2. The molecule has 0 saturated carbocycles. The fraction of sp³-hybridized carbons (Fsp3) is 0.211. The van der Waals surface area contributed by atoms with E-state index in [1.807, 2.05) is 19.1 Å². The number of anilines is 2. The molecular formula is C19H15ClFN5O3. The predicted molar refractivity (Wildman–Crippen MR) is 103 cm³/mol. The van der Waals surface area contributed by atoms with Gasteiger partial charge in [-0.2, -0.15) is 5.11 Å². The molecule has 4 rings (SSSR count). The summed E-state index contributed by atoms with van der Waals surface area (Å²) in [7, 11) is 0. The Morgan fingerprint density at radius 3 is 2.69 bits per heavy atom. The molecule has 10 heteroatoms. The van der Waals surface area contributed by atoms with Crippen molar-refractivity contribution in [1.82, 2.24) is 5.01 Å². The highest BCUT2D eigenvalue weighted by atomic mass is 35.5. The third-order valence-electron chi connectivity index (χ3n) is 4.74. The number of aryl methyl sites for hydroxylation is 1. The third kappa shape index (κ3) is 3.33. The quantitative estimate of drug-likeness (QED) is 0.777. The van der Waals surface area contributed by atoms with Crippen molar-refractivity contribution in [2.45, 2.75) is 19.0 Å². The fourth-order valence-corrected chi connectivity index (χ4v) is 3.46. The van der Waals surface area contributed by atoms with Crippen molar-refractivity contribution in [1.29, 1.82) is 0 Å². The molecule has 2 atom stereocenters. The van der Waals surface area contributed by atoms with Crippen LogP contribution < -0.4 is 10.2 Å². The number of fused-ring (bicyclic) bond motifs is 1. The van der Waals surface area contributed by atoms with E-state index in [1.165, 1.54) is 17.1 Å². The number of halogens is 2. The number of amides is 3. The normalized spacial score (nSPS) is 20.4. The molecule has 0 aliphatic carbocycles.